The quantitative estimate of drug-likeness (QED) is 0.806. The van der Waals surface area contributed by atoms with E-state index in [2.05, 4.69) is 15.6 Å². The molecular weight excluding hydrogens is 326 g/mol. The van der Waals surface area contributed by atoms with E-state index in [9.17, 15) is 4.79 Å². The Bertz CT molecular complexity index is 687. The van der Waals surface area contributed by atoms with E-state index in [1.807, 2.05) is 37.4 Å². The van der Waals surface area contributed by atoms with Crippen LogP contribution in [0.5, 0.6) is 11.5 Å². The Hall–Kier alpha value is -2.28. The summed E-state index contributed by atoms with van der Waals surface area (Å²) in [5.41, 5.74) is 1.86. The van der Waals surface area contributed by atoms with Crippen molar-refractivity contribution in [3.8, 4) is 11.5 Å². The predicted molar refractivity (Wildman–Crippen MR) is 95.1 cm³/mol. The Morgan fingerprint density at radius 3 is 2.75 bits per heavy atom. The number of amides is 2. The lowest BCUT2D eigenvalue weighted by Crippen LogP contribution is -2.38. The fraction of sp³-hybridized carbons (Fsp3) is 0.412. The highest BCUT2D eigenvalue weighted by Gasteiger charge is 2.12. The summed E-state index contributed by atoms with van der Waals surface area (Å²) >= 11 is 1.57. The van der Waals surface area contributed by atoms with Gasteiger partial charge in [-0.25, -0.2) is 9.78 Å². The summed E-state index contributed by atoms with van der Waals surface area (Å²) in [6.45, 7) is 4.36. The first-order valence-corrected chi connectivity index (χ1v) is 8.58. The van der Waals surface area contributed by atoms with Gasteiger partial charge in [-0.15, -0.1) is 11.3 Å². The summed E-state index contributed by atoms with van der Waals surface area (Å²) in [4.78, 5) is 16.4. The maximum Gasteiger partial charge on any atom is 0.315 e. The number of carbonyl (C=O) groups excluding carboxylic acids is 1. The van der Waals surface area contributed by atoms with Crippen LogP contribution in [-0.2, 0) is 6.42 Å². The fourth-order valence-corrected chi connectivity index (χ4v) is 2.99. The number of methoxy groups -OCH3 is 2. The van der Waals surface area contributed by atoms with E-state index in [1.54, 1.807) is 25.6 Å². The summed E-state index contributed by atoms with van der Waals surface area (Å²) in [5, 5.41) is 8.69. The van der Waals surface area contributed by atoms with Crippen molar-refractivity contribution in [2.24, 2.45) is 0 Å². The fourth-order valence-electron chi connectivity index (χ4n) is 2.29. The van der Waals surface area contributed by atoms with Crippen LogP contribution in [0.25, 0.3) is 0 Å². The minimum atomic E-state index is -0.213. The molecule has 0 unspecified atom stereocenters. The molecule has 2 N–H and O–H groups in total. The predicted octanol–water partition coefficient (Wildman–Crippen LogP) is 3.07. The van der Waals surface area contributed by atoms with Crippen LogP contribution in [0.15, 0.2) is 23.6 Å². The molecule has 0 spiro atoms. The molecule has 1 aromatic carbocycles. The second-order valence-corrected chi connectivity index (χ2v) is 6.40. The molecule has 1 aromatic heterocycles. The number of thiazole rings is 1. The zero-order valence-corrected chi connectivity index (χ0v) is 15.2. The molecule has 2 rings (SSSR count). The number of aryl methyl sites for hydroxylation is 1. The van der Waals surface area contributed by atoms with Crippen molar-refractivity contribution in [1.82, 2.24) is 15.6 Å². The molecule has 6 nitrogen and oxygen atoms in total. The Kier molecular flexibility index (Phi) is 6.43. The molecule has 2 aromatic rings. The molecule has 0 saturated heterocycles. The number of aromatic nitrogens is 1. The third kappa shape index (κ3) is 4.86. The number of rotatable bonds is 7. The number of hydrogen-bond donors (Lipinski definition) is 2. The maximum atomic E-state index is 12.0. The van der Waals surface area contributed by atoms with Crippen molar-refractivity contribution in [3.63, 3.8) is 0 Å². The van der Waals surface area contributed by atoms with Crippen LogP contribution in [0.1, 0.15) is 29.2 Å². The largest absolute Gasteiger partial charge is 0.497 e. The number of ether oxygens (including phenoxy) is 2. The molecule has 0 aliphatic carbocycles. The highest BCUT2D eigenvalue weighted by atomic mass is 32.1. The number of benzene rings is 1. The van der Waals surface area contributed by atoms with Gasteiger partial charge in [0.05, 0.1) is 31.0 Å². The van der Waals surface area contributed by atoms with E-state index in [0.29, 0.717) is 13.0 Å². The van der Waals surface area contributed by atoms with E-state index in [0.717, 1.165) is 27.8 Å². The SMILES string of the molecule is COc1ccc(OC)c(CCNC(=O)N[C@@H](C)c2csc(C)n2)c1. The van der Waals surface area contributed by atoms with Crippen molar-refractivity contribution >= 4 is 17.4 Å². The number of hydrogen-bond acceptors (Lipinski definition) is 5. The van der Waals surface area contributed by atoms with Crippen LogP contribution in [-0.4, -0.2) is 31.8 Å². The van der Waals surface area contributed by atoms with Gasteiger partial charge in [0.2, 0.25) is 0 Å². The normalized spacial score (nSPS) is 11.7. The zero-order chi connectivity index (χ0) is 17.5. The van der Waals surface area contributed by atoms with Crippen molar-refractivity contribution in [2.75, 3.05) is 20.8 Å². The molecule has 24 heavy (non-hydrogen) atoms. The molecule has 130 valence electrons. The number of urea groups is 1. The Balaban J connectivity index is 1.84. The first-order valence-electron chi connectivity index (χ1n) is 7.70. The van der Waals surface area contributed by atoms with Gasteiger partial charge >= 0.3 is 6.03 Å². The van der Waals surface area contributed by atoms with Gasteiger partial charge in [-0.05, 0) is 44.0 Å². The van der Waals surface area contributed by atoms with E-state index in [4.69, 9.17) is 9.47 Å². The molecule has 0 fully saturated rings. The summed E-state index contributed by atoms with van der Waals surface area (Å²) in [6.07, 6.45) is 0.651. The third-order valence-corrected chi connectivity index (χ3v) is 4.39. The van der Waals surface area contributed by atoms with Crippen molar-refractivity contribution < 1.29 is 14.3 Å². The van der Waals surface area contributed by atoms with E-state index >= 15 is 0 Å². The van der Waals surface area contributed by atoms with Gasteiger partial charge in [0.15, 0.2) is 0 Å². The van der Waals surface area contributed by atoms with Gasteiger partial charge in [0.1, 0.15) is 11.5 Å². The topological polar surface area (TPSA) is 72.5 Å². The van der Waals surface area contributed by atoms with E-state index in [1.165, 1.54) is 0 Å². The Morgan fingerprint density at radius 1 is 1.33 bits per heavy atom. The number of carbonyl (C=O) groups is 1. The van der Waals surface area contributed by atoms with Gasteiger partial charge in [0, 0.05) is 11.9 Å². The average molecular weight is 349 g/mol. The lowest BCUT2D eigenvalue weighted by atomic mass is 10.1. The van der Waals surface area contributed by atoms with Gasteiger partial charge in [-0.3, -0.25) is 0 Å². The van der Waals surface area contributed by atoms with Crippen LogP contribution < -0.4 is 20.1 Å². The van der Waals surface area contributed by atoms with Crippen LogP contribution in [0.3, 0.4) is 0 Å². The lowest BCUT2D eigenvalue weighted by molar-refractivity contribution is 0.238. The second kappa shape index (κ2) is 8.54. The Labute approximate surface area is 146 Å². The summed E-state index contributed by atoms with van der Waals surface area (Å²) in [6, 6.07) is 5.29. The summed E-state index contributed by atoms with van der Waals surface area (Å²) in [7, 11) is 3.25. The molecule has 0 bridgehead atoms. The standard InChI is InChI=1S/C17H23N3O3S/c1-11(15-10-24-12(2)20-15)19-17(21)18-8-7-13-9-14(22-3)5-6-16(13)23-4/h5-6,9-11H,7-8H2,1-4H3,(H2,18,19,21)/t11-/m0/s1. The van der Waals surface area contributed by atoms with Crippen LogP contribution >= 0.6 is 11.3 Å². The summed E-state index contributed by atoms with van der Waals surface area (Å²) in [5.74, 6) is 1.55. The first-order chi connectivity index (χ1) is 11.5. The van der Waals surface area contributed by atoms with Gasteiger partial charge in [0.25, 0.3) is 0 Å². The molecule has 0 saturated carbocycles. The first kappa shape index (κ1) is 18.1. The van der Waals surface area contributed by atoms with Gasteiger partial charge in [-0.1, -0.05) is 0 Å². The molecule has 0 aliphatic heterocycles. The average Bonchev–Trinajstić information content (AvgIpc) is 3.01. The van der Waals surface area contributed by atoms with Gasteiger partial charge in [-0.2, -0.15) is 0 Å². The zero-order valence-electron chi connectivity index (χ0n) is 14.4. The number of nitrogens with zero attached hydrogens (tertiary/aromatic N) is 1. The second-order valence-electron chi connectivity index (χ2n) is 5.34. The highest BCUT2D eigenvalue weighted by molar-refractivity contribution is 7.09. The highest BCUT2D eigenvalue weighted by Crippen LogP contribution is 2.24. The molecule has 7 heteroatoms. The third-order valence-electron chi connectivity index (χ3n) is 3.60. The Morgan fingerprint density at radius 2 is 2.12 bits per heavy atom. The molecule has 1 atom stereocenters. The van der Waals surface area contributed by atoms with Crippen molar-refractivity contribution in [3.05, 3.63) is 39.8 Å². The van der Waals surface area contributed by atoms with Crippen LogP contribution in [0.4, 0.5) is 4.79 Å². The maximum absolute atomic E-state index is 12.0. The van der Waals surface area contributed by atoms with Crippen LogP contribution in [0, 0.1) is 6.92 Å². The van der Waals surface area contributed by atoms with Crippen molar-refractivity contribution in [2.45, 2.75) is 26.3 Å². The minimum Gasteiger partial charge on any atom is -0.497 e. The summed E-state index contributed by atoms with van der Waals surface area (Å²) < 4.78 is 10.6. The monoisotopic (exact) mass is 349 g/mol. The van der Waals surface area contributed by atoms with Crippen molar-refractivity contribution in [1.29, 1.82) is 0 Å². The lowest BCUT2D eigenvalue weighted by Gasteiger charge is -2.14. The van der Waals surface area contributed by atoms with Crippen LogP contribution in [0.2, 0.25) is 0 Å². The van der Waals surface area contributed by atoms with E-state index < -0.39 is 0 Å². The molecule has 2 amide bonds. The molecule has 1 heterocycles. The minimum absolute atomic E-state index is 0.124. The smallest absolute Gasteiger partial charge is 0.315 e. The van der Waals surface area contributed by atoms with E-state index in [-0.39, 0.29) is 12.1 Å². The molecular formula is C17H23N3O3S. The number of nitrogens with one attached hydrogen (secondary N) is 2. The van der Waals surface area contributed by atoms with Gasteiger partial charge < -0.3 is 20.1 Å². The molecule has 0 radical (unpaired) electrons. The molecule has 0 aliphatic rings.